The Kier molecular flexibility index (Phi) is 2.36. The van der Waals surface area contributed by atoms with Gasteiger partial charge in [-0.2, -0.15) is 0 Å². The lowest BCUT2D eigenvalue weighted by Crippen LogP contribution is -1.57. The Morgan fingerprint density at radius 3 is 2.29 bits per heavy atom. The molecule has 0 amide bonds. The molecule has 1 aromatic heterocycles. The van der Waals surface area contributed by atoms with Crippen molar-refractivity contribution in [2.75, 3.05) is 0 Å². The smallest absolute Gasteiger partial charge is 0.0786 e. The molecular weight excluding hydrogens is 334 g/mol. The van der Waals surface area contributed by atoms with Crippen LogP contribution in [-0.4, -0.2) is 0 Å². The lowest BCUT2D eigenvalue weighted by atomic mass is 10.7. The van der Waals surface area contributed by atoms with Crippen molar-refractivity contribution in [3.8, 4) is 0 Å². The first-order valence-corrected chi connectivity index (χ1v) is 4.73. The molecule has 0 aliphatic heterocycles. The summed E-state index contributed by atoms with van der Waals surface area (Å²) < 4.78 is 2.75. The van der Waals surface area contributed by atoms with E-state index in [2.05, 4.69) is 56.6 Å². The van der Waals surface area contributed by atoms with Crippen molar-refractivity contribution >= 4 is 56.5 Å². The van der Waals surface area contributed by atoms with Crippen LogP contribution in [0.3, 0.4) is 0 Å². The number of hydrogen-bond donors (Lipinski definition) is 0. The molecule has 1 aromatic rings. The Morgan fingerprint density at radius 2 is 2.14 bits per heavy atom. The van der Waals surface area contributed by atoms with E-state index in [1.165, 1.54) is 6.45 Å². The molecule has 0 nitrogen and oxygen atoms in total. The van der Waals surface area contributed by atoms with Crippen molar-refractivity contribution in [3.05, 3.63) is 17.9 Å². The molecule has 0 fully saturated rings. The summed E-state index contributed by atoms with van der Waals surface area (Å²) in [6.07, 6.45) is 0. The second-order valence-electron chi connectivity index (χ2n) is 1.04. The molecule has 0 aromatic carbocycles. The van der Waals surface area contributed by atoms with Gasteiger partial charge in [0.15, 0.2) is 0 Å². The van der Waals surface area contributed by atoms with Gasteiger partial charge in [-0.05, 0) is 56.6 Å². The zero-order valence-electron chi connectivity index (χ0n) is 3.32. The van der Waals surface area contributed by atoms with Gasteiger partial charge in [0.2, 0.25) is 0 Å². The second kappa shape index (κ2) is 2.63. The topological polar surface area (TPSA) is 0 Å². The standard InChI is InChI=1S/C4H2I2S/c5-3-1-2-7-4(3)6/h1-2H. The molecule has 1 heterocycles. The fourth-order valence-corrected chi connectivity index (χ4v) is 2.20. The van der Waals surface area contributed by atoms with Crippen molar-refractivity contribution < 1.29 is 0 Å². The minimum absolute atomic E-state index is 1.36. The largest absolute Gasteiger partial charge is 0.137 e. The third-order valence-corrected chi connectivity index (χ3v) is 4.91. The first-order chi connectivity index (χ1) is 3.30. The first-order valence-electron chi connectivity index (χ1n) is 1.69. The molecule has 0 saturated carbocycles. The maximum atomic E-state index is 2.33. The molecule has 0 aliphatic rings. The van der Waals surface area contributed by atoms with E-state index < -0.39 is 0 Å². The van der Waals surface area contributed by atoms with Crippen LogP contribution < -0.4 is 0 Å². The van der Waals surface area contributed by atoms with Crippen LogP contribution in [0.4, 0.5) is 0 Å². The average Bonchev–Trinajstić information content (AvgIpc) is 1.91. The summed E-state index contributed by atoms with van der Waals surface area (Å²) in [6, 6.07) is 2.12. The highest BCUT2D eigenvalue weighted by atomic mass is 127. The zero-order valence-corrected chi connectivity index (χ0v) is 8.45. The molecular formula is C4H2I2S. The van der Waals surface area contributed by atoms with Gasteiger partial charge in [0.1, 0.15) is 0 Å². The van der Waals surface area contributed by atoms with Crippen molar-refractivity contribution in [3.63, 3.8) is 0 Å². The van der Waals surface area contributed by atoms with Gasteiger partial charge in [0, 0.05) is 3.57 Å². The Hall–Kier alpha value is 1.16. The molecule has 3 heteroatoms. The molecule has 0 saturated heterocycles. The van der Waals surface area contributed by atoms with Crippen LogP contribution in [-0.2, 0) is 0 Å². The quantitative estimate of drug-likeness (QED) is 0.639. The van der Waals surface area contributed by atoms with Crippen molar-refractivity contribution in [1.82, 2.24) is 0 Å². The predicted octanol–water partition coefficient (Wildman–Crippen LogP) is 2.96. The van der Waals surface area contributed by atoms with Gasteiger partial charge in [0.05, 0.1) is 2.88 Å². The Morgan fingerprint density at radius 1 is 1.43 bits per heavy atom. The lowest BCUT2D eigenvalue weighted by molar-refractivity contribution is 1.83. The summed E-state index contributed by atoms with van der Waals surface area (Å²) in [4.78, 5) is 0. The minimum atomic E-state index is 1.36. The number of rotatable bonds is 0. The Balaban J connectivity index is 3.12. The van der Waals surface area contributed by atoms with E-state index in [4.69, 9.17) is 0 Å². The van der Waals surface area contributed by atoms with Crippen LogP contribution in [0.5, 0.6) is 0 Å². The van der Waals surface area contributed by atoms with Crippen LogP contribution in [0, 0.1) is 6.45 Å². The zero-order chi connectivity index (χ0) is 5.28. The van der Waals surface area contributed by atoms with Crippen LogP contribution in [0.25, 0.3) is 0 Å². The van der Waals surface area contributed by atoms with E-state index in [0.29, 0.717) is 0 Å². The number of halogens is 2. The van der Waals surface area contributed by atoms with Gasteiger partial charge >= 0.3 is 0 Å². The fraction of sp³-hybridized carbons (Fsp3) is 0. The van der Waals surface area contributed by atoms with Crippen molar-refractivity contribution in [2.45, 2.75) is 0 Å². The summed E-state index contributed by atoms with van der Waals surface area (Å²) in [5.74, 6) is 0. The molecule has 0 N–H and O–H groups in total. The van der Waals surface area contributed by atoms with Crippen LogP contribution in [0.2, 0.25) is 0 Å². The summed E-state index contributed by atoms with van der Waals surface area (Å²) >= 11 is 6.44. The monoisotopic (exact) mass is 336 g/mol. The normalized spacial score (nSPS) is 9.43. The highest BCUT2D eigenvalue weighted by Gasteiger charge is 1.91. The van der Waals surface area contributed by atoms with E-state index in [-0.39, 0.29) is 0 Å². The Bertz CT molecular complexity index is 142. The number of thiophene rings is 1. The van der Waals surface area contributed by atoms with Crippen LogP contribution in [0.1, 0.15) is 0 Å². The SMILES string of the molecule is Ic1ccsc1I. The second-order valence-corrected chi connectivity index (χ2v) is 4.93. The molecule has 0 bridgehead atoms. The predicted molar refractivity (Wildman–Crippen MR) is 49.8 cm³/mol. The third-order valence-electron chi connectivity index (χ3n) is 0.574. The van der Waals surface area contributed by atoms with E-state index in [1.54, 1.807) is 11.3 Å². The van der Waals surface area contributed by atoms with Gasteiger partial charge in [-0.25, -0.2) is 0 Å². The van der Waals surface area contributed by atoms with Crippen molar-refractivity contribution in [1.29, 1.82) is 0 Å². The Labute approximate surface area is 73.6 Å². The van der Waals surface area contributed by atoms with Gasteiger partial charge in [-0.1, -0.05) is 0 Å². The molecule has 0 unspecified atom stereocenters. The van der Waals surface area contributed by atoms with E-state index in [0.717, 1.165) is 0 Å². The van der Waals surface area contributed by atoms with Gasteiger partial charge in [-0.3, -0.25) is 0 Å². The molecule has 0 aliphatic carbocycles. The van der Waals surface area contributed by atoms with Gasteiger partial charge in [-0.15, -0.1) is 11.3 Å². The van der Waals surface area contributed by atoms with E-state index >= 15 is 0 Å². The minimum Gasteiger partial charge on any atom is -0.137 e. The number of hydrogen-bond acceptors (Lipinski definition) is 1. The molecule has 0 spiro atoms. The van der Waals surface area contributed by atoms with Crippen LogP contribution >= 0.6 is 56.5 Å². The molecule has 38 valence electrons. The van der Waals surface area contributed by atoms with Crippen molar-refractivity contribution in [2.24, 2.45) is 0 Å². The molecule has 7 heavy (non-hydrogen) atoms. The maximum Gasteiger partial charge on any atom is 0.0786 e. The molecule has 0 atom stereocenters. The molecule has 0 radical (unpaired) electrons. The molecule has 1 rings (SSSR count). The summed E-state index contributed by atoms with van der Waals surface area (Å²) in [5.41, 5.74) is 0. The summed E-state index contributed by atoms with van der Waals surface area (Å²) in [6.45, 7) is 0. The first kappa shape index (κ1) is 6.28. The maximum absolute atomic E-state index is 2.33. The lowest BCUT2D eigenvalue weighted by Gasteiger charge is -1.75. The summed E-state index contributed by atoms with van der Waals surface area (Å²) in [5, 5.41) is 2.10. The average molecular weight is 336 g/mol. The fourth-order valence-electron chi connectivity index (χ4n) is 0.275. The van der Waals surface area contributed by atoms with Gasteiger partial charge < -0.3 is 0 Å². The highest BCUT2D eigenvalue weighted by molar-refractivity contribution is 14.1. The van der Waals surface area contributed by atoms with Crippen LogP contribution in [0.15, 0.2) is 11.4 Å². The van der Waals surface area contributed by atoms with E-state index in [1.807, 2.05) is 0 Å². The highest BCUT2D eigenvalue weighted by Crippen LogP contribution is 2.19. The summed E-state index contributed by atoms with van der Waals surface area (Å²) in [7, 11) is 0. The van der Waals surface area contributed by atoms with Gasteiger partial charge in [0.25, 0.3) is 0 Å². The van der Waals surface area contributed by atoms with E-state index in [9.17, 15) is 0 Å². The third kappa shape index (κ3) is 1.53.